The van der Waals surface area contributed by atoms with E-state index in [1.165, 1.54) is 42.3 Å². The molecule has 0 saturated heterocycles. The van der Waals surface area contributed by atoms with E-state index in [4.69, 9.17) is 0 Å². The third-order valence-corrected chi connectivity index (χ3v) is 5.36. The summed E-state index contributed by atoms with van der Waals surface area (Å²) in [4.78, 5) is 3.56. The molecule has 5 rings (SSSR count). The third kappa shape index (κ3) is 1.65. The largest absolute Gasteiger partial charge is 0.355 e. The maximum atomic E-state index is 3.56. The lowest BCUT2D eigenvalue weighted by atomic mass is 10.0. The molecule has 0 unspecified atom stereocenters. The molecule has 0 radical (unpaired) electrons. The second-order valence-electron chi connectivity index (χ2n) is 5.55. The van der Waals surface area contributed by atoms with E-state index in [0.717, 1.165) is 0 Å². The zero-order chi connectivity index (χ0) is 14.5. The van der Waals surface area contributed by atoms with E-state index in [2.05, 4.69) is 77.8 Å². The van der Waals surface area contributed by atoms with Gasteiger partial charge in [-0.3, -0.25) is 0 Å². The van der Waals surface area contributed by atoms with Gasteiger partial charge in [0.1, 0.15) is 0 Å². The molecule has 0 aliphatic heterocycles. The summed E-state index contributed by atoms with van der Waals surface area (Å²) in [5, 5.41) is 3.96. The van der Waals surface area contributed by atoms with Gasteiger partial charge >= 0.3 is 0 Å². The van der Waals surface area contributed by atoms with Crippen LogP contribution in [0.15, 0.2) is 72.8 Å². The fourth-order valence-corrected chi connectivity index (χ4v) is 4.35. The molecule has 2 heteroatoms. The Morgan fingerprint density at radius 2 is 1.55 bits per heavy atom. The summed E-state index contributed by atoms with van der Waals surface area (Å²) in [6.45, 7) is 0. The maximum Gasteiger partial charge on any atom is 0.0471 e. The molecule has 0 amide bonds. The molecule has 0 fully saturated rings. The standard InChI is InChI=1S/C20H13NS/c1-3-9-16-13(6-1)12-17(21-16)14-8-5-11-19-20(14)15-7-2-4-10-18(15)22-19/h1-12,21H. The first kappa shape index (κ1) is 12.0. The molecule has 104 valence electrons. The number of aromatic amines is 1. The average molecular weight is 299 g/mol. The minimum atomic E-state index is 1.19. The van der Waals surface area contributed by atoms with Crippen LogP contribution in [-0.2, 0) is 0 Å². The van der Waals surface area contributed by atoms with E-state index in [-0.39, 0.29) is 0 Å². The van der Waals surface area contributed by atoms with Crippen LogP contribution in [0.3, 0.4) is 0 Å². The topological polar surface area (TPSA) is 15.8 Å². The molecule has 0 spiro atoms. The fourth-order valence-electron chi connectivity index (χ4n) is 3.22. The van der Waals surface area contributed by atoms with Crippen molar-refractivity contribution < 1.29 is 0 Å². The summed E-state index contributed by atoms with van der Waals surface area (Å²) in [6.07, 6.45) is 0. The Bertz CT molecular complexity index is 1100. The molecule has 0 saturated carbocycles. The van der Waals surface area contributed by atoms with Crippen LogP contribution < -0.4 is 0 Å². The van der Waals surface area contributed by atoms with Gasteiger partial charge in [0.15, 0.2) is 0 Å². The Morgan fingerprint density at radius 1 is 0.727 bits per heavy atom. The molecule has 2 heterocycles. The van der Waals surface area contributed by atoms with Crippen molar-refractivity contribution >= 4 is 42.4 Å². The lowest BCUT2D eigenvalue weighted by Crippen LogP contribution is -1.78. The minimum absolute atomic E-state index is 1.19. The highest BCUT2D eigenvalue weighted by Crippen LogP contribution is 2.40. The SMILES string of the molecule is c1ccc2[nH]c(-c3cccc4sc5ccccc5c34)cc2c1. The van der Waals surface area contributed by atoms with E-state index in [9.17, 15) is 0 Å². The number of thiophene rings is 1. The summed E-state index contributed by atoms with van der Waals surface area (Å²) in [7, 11) is 0. The number of aromatic nitrogens is 1. The van der Waals surface area contributed by atoms with Crippen LogP contribution in [0.2, 0.25) is 0 Å². The molecule has 1 nitrogen and oxygen atoms in total. The van der Waals surface area contributed by atoms with Gasteiger partial charge in [0.2, 0.25) is 0 Å². The lowest BCUT2D eigenvalue weighted by Gasteiger charge is -2.01. The van der Waals surface area contributed by atoms with Gasteiger partial charge in [0, 0.05) is 42.3 Å². The van der Waals surface area contributed by atoms with Crippen molar-refractivity contribution in [3.63, 3.8) is 0 Å². The smallest absolute Gasteiger partial charge is 0.0471 e. The minimum Gasteiger partial charge on any atom is -0.355 e. The number of para-hydroxylation sites is 1. The fraction of sp³-hybridized carbons (Fsp3) is 0. The number of rotatable bonds is 1. The van der Waals surface area contributed by atoms with Gasteiger partial charge in [-0.05, 0) is 24.3 Å². The number of nitrogens with one attached hydrogen (secondary N) is 1. The van der Waals surface area contributed by atoms with Gasteiger partial charge in [-0.1, -0.05) is 48.5 Å². The van der Waals surface area contributed by atoms with Crippen LogP contribution >= 0.6 is 11.3 Å². The second kappa shape index (κ2) is 4.46. The van der Waals surface area contributed by atoms with Crippen molar-refractivity contribution in [2.45, 2.75) is 0 Å². The molecule has 0 aliphatic rings. The van der Waals surface area contributed by atoms with Crippen LogP contribution in [0.4, 0.5) is 0 Å². The van der Waals surface area contributed by atoms with Crippen LogP contribution in [0.5, 0.6) is 0 Å². The van der Waals surface area contributed by atoms with Crippen LogP contribution in [0, 0.1) is 0 Å². The molecule has 0 atom stereocenters. The summed E-state index contributed by atoms with van der Waals surface area (Å²) >= 11 is 1.86. The highest BCUT2D eigenvalue weighted by molar-refractivity contribution is 7.25. The Kier molecular flexibility index (Phi) is 2.43. The van der Waals surface area contributed by atoms with Gasteiger partial charge < -0.3 is 4.98 Å². The molecule has 1 N–H and O–H groups in total. The number of hydrogen-bond acceptors (Lipinski definition) is 1. The predicted molar refractivity (Wildman–Crippen MR) is 96.6 cm³/mol. The van der Waals surface area contributed by atoms with E-state index in [0.29, 0.717) is 0 Å². The van der Waals surface area contributed by atoms with Crippen molar-refractivity contribution in [3.05, 3.63) is 72.8 Å². The van der Waals surface area contributed by atoms with E-state index < -0.39 is 0 Å². The highest BCUT2D eigenvalue weighted by atomic mass is 32.1. The summed E-state index contributed by atoms with van der Waals surface area (Å²) < 4.78 is 2.69. The van der Waals surface area contributed by atoms with E-state index in [1.54, 1.807) is 0 Å². The quantitative estimate of drug-likeness (QED) is 0.379. The van der Waals surface area contributed by atoms with Gasteiger partial charge in [0.25, 0.3) is 0 Å². The first-order chi connectivity index (χ1) is 10.9. The Hall–Kier alpha value is -2.58. The maximum absolute atomic E-state index is 3.56. The molecule has 3 aromatic carbocycles. The number of fused-ring (bicyclic) bond motifs is 4. The van der Waals surface area contributed by atoms with Gasteiger partial charge in [-0.25, -0.2) is 0 Å². The summed E-state index contributed by atoms with van der Waals surface area (Å²) in [6, 6.07) is 25.9. The monoisotopic (exact) mass is 299 g/mol. The van der Waals surface area contributed by atoms with E-state index >= 15 is 0 Å². The van der Waals surface area contributed by atoms with Crippen molar-refractivity contribution in [1.82, 2.24) is 4.98 Å². The molecule has 0 bridgehead atoms. The van der Waals surface area contributed by atoms with Crippen LogP contribution in [0.1, 0.15) is 0 Å². The second-order valence-corrected chi connectivity index (χ2v) is 6.63. The van der Waals surface area contributed by atoms with Gasteiger partial charge in [-0.15, -0.1) is 11.3 Å². The zero-order valence-electron chi connectivity index (χ0n) is 11.8. The van der Waals surface area contributed by atoms with Crippen LogP contribution in [-0.4, -0.2) is 4.98 Å². The number of benzene rings is 3. The summed E-state index contributed by atoms with van der Waals surface area (Å²) in [5.74, 6) is 0. The average Bonchev–Trinajstić information content (AvgIpc) is 3.15. The molecule has 2 aromatic heterocycles. The van der Waals surface area contributed by atoms with Crippen molar-refractivity contribution in [3.8, 4) is 11.3 Å². The number of H-pyrrole nitrogens is 1. The Morgan fingerprint density at radius 3 is 2.50 bits per heavy atom. The lowest BCUT2D eigenvalue weighted by molar-refractivity contribution is 1.47. The van der Waals surface area contributed by atoms with E-state index in [1.807, 2.05) is 11.3 Å². The molecule has 5 aromatic rings. The first-order valence-electron chi connectivity index (χ1n) is 7.38. The molecular weight excluding hydrogens is 286 g/mol. The first-order valence-corrected chi connectivity index (χ1v) is 8.20. The normalized spacial score (nSPS) is 11.6. The van der Waals surface area contributed by atoms with Crippen molar-refractivity contribution in [2.24, 2.45) is 0 Å². The molecular formula is C20H13NS. The van der Waals surface area contributed by atoms with Crippen molar-refractivity contribution in [1.29, 1.82) is 0 Å². The molecule has 0 aliphatic carbocycles. The number of hydrogen-bond donors (Lipinski definition) is 1. The summed E-state index contributed by atoms with van der Waals surface area (Å²) in [5.41, 5.74) is 3.66. The van der Waals surface area contributed by atoms with Gasteiger partial charge in [0.05, 0.1) is 0 Å². The predicted octanol–water partition coefficient (Wildman–Crippen LogP) is 6.20. The highest BCUT2D eigenvalue weighted by Gasteiger charge is 2.11. The Labute approximate surface area is 131 Å². The third-order valence-electron chi connectivity index (χ3n) is 4.22. The molecule has 22 heavy (non-hydrogen) atoms. The van der Waals surface area contributed by atoms with Gasteiger partial charge in [-0.2, -0.15) is 0 Å². The Balaban J connectivity index is 1.90. The van der Waals surface area contributed by atoms with Crippen molar-refractivity contribution in [2.75, 3.05) is 0 Å². The van der Waals surface area contributed by atoms with Crippen LogP contribution in [0.25, 0.3) is 42.3 Å². The zero-order valence-corrected chi connectivity index (χ0v) is 12.7.